The molecule has 0 atom stereocenters. The zero-order chi connectivity index (χ0) is 25.8. The molecule has 6 aromatic carbocycles. The zero-order valence-corrected chi connectivity index (χ0v) is 23.7. The third kappa shape index (κ3) is 4.76. The van der Waals surface area contributed by atoms with Crippen molar-refractivity contribution >= 4 is 26.6 Å². The summed E-state index contributed by atoms with van der Waals surface area (Å²) in [6.45, 7) is 0. The fraction of sp³-hybridized carbons (Fsp3) is 0.0270. The Hall–Kier alpha value is -4.12. The van der Waals surface area contributed by atoms with Gasteiger partial charge >= 0.3 is 229 Å². The van der Waals surface area contributed by atoms with Crippen LogP contribution in [-0.2, 0) is 0 Å². The maximum atomic E-state index is 2.53. The third-order valence-electron chi connectivity index (χ3n) is 7.71. The topological polar surface area (TPSA) is 0 Å². The van der Waals surface area contributed by atoms with E-state index in [2.05, 4.69) is 170 Å². The van der Waals surface area contributed by atoms with Gasteiger partial charge in [-0.1, -0.05) is 0 Å². The van der Waals surface area contributed by atoms with Crippen molar-refractivity contribution in [3.05, 3.63) is 164 Å². The second-order valence-electron chi connectivity index (χ2n) is 9.96. The second-order valence-corrected chi connectivity index (χ2v) is 18.3. The van der Waals surface area contributed by atoms with E-state index in [1.165, 1.54) is 46.4 Å². The molecule has 0 nitrogen and oxygen atoms in total. The molecule has 0 radical (unpaired) electrons. The van der Waals surface area contributed by atoms with Crippen LogP contribution in [0.3, 0.4) is 0 Å². The first-order valence-corrected chi connectivity index (χ1v) is 18.4. The second kappa shape index (κ2) is 10.7. The number of hydrogen-bond donors (Lipinski definition) is 0. The van der Waals surface area contributed by atoms with Crippen molar-refractivity contribution in [2.75, 3.05) is 0 Å². The Morgan fingerprint density at radius 2 is 0.474 bits per heavy atom. The fourth-order valence-electron chi connectivity index (χ4n) is 5.38. The van der Waals surface area contributed by atoms with E-state index in [1.807, 2.05) is 0 Å². The standard InChI is InChI=1S/C37H31As/c1-38(35-23-17-32(18-24-35)29-11-5-2-6-12-29,36-25-19-33(20-26-36)30-13-7-3-8-14-30)37-27-21-34(22-28-37)31-15-9-4-10-16-31/h2-28,38H,1H3. The van der Waals surface area contributed by atoms with Gasteiger partial charge in [-0.15, -0.1) is 0 Å². The van der Waals surface area contributed by atoms with Crippen molar-refractivity contribution in [1.82, 2.24) is 0 Å². The summed E-state index contributed by atoms with van der Waals surface area (Å²) in [5.41, 5.74) is 10.1. The van der Waals surface area contributed by atoms with Crippen molar-refractivity contribution in [3.8, 4) is 33.4 Å². The van der Waals surface area contributed by atoms with Crippen LogP contribution in [0.15, 0.2) is 164 Å². The molecule has 0 spiro atoms. The molecule has 0 aromatic heterocycles. The van der Waals surface area contributed by atoms with E-state index in [0.717, 1.165) is 0 Å². The van der Waals surface area contributed by atoms with E-state index in [1.54, 1.807) is 0 Å². The Morgan fingerprint density at radius 1 is 0.263 bits per heavy atom. The molecule has 0 bridgehead atoms. The summed E-state index contributed by atoms with van der Waals surface area (Å²) in [6, 6.07) is 60.0. The summed E-state index contributed by atoms with van der Waals surface area (Å²) < 4.78 is 4.39. The van der Waals surface area contributed by atoms with E-state index in [4.69, 9.17) is 0 Å². The molecule has 1 heteroatoms. The average molecular weight is 551 g/mol. The summed E-state index contributed by atoms with van der Waals surface area (Å²) in [5, 5.41) is 0. The molecule has 0 aliphatic carbocycles. The van der Waals surface area contributed by atoms with Gasteiger partial charge in [-0.3, -0.25) is 0 Å². The van der Waals surface area contributed by atoms with Crippen LogP contribution < -0.4 is 13.1 Å². The molecule has 0 amide bonds. The molecule has 38 heavy (non-hydrogen) atoms. The molecule has 0 N–H and O–H groups in total. The van der Waals surface area contributed by atoms with Gasteiger partial charge in [0.2, 0.25) is 0 Å². The third-order valence-corrected chi connectivity index (χ3v) is 17.1. The fourth-order valence-corrected chi connectivity index (χ4v) is 12.7. The number of benzene rings is 6. The first kappa shape index (κ1) is 24.2. The van der Waals surface area contributed by atoms with Crippen LogP contribution in [-0.4, -0.2) is 13.6 Å². The van der Waals surface area contributed by atoms with Gasteiger partial charge in [0, 0.05) is 0 Å². The molecule has 0 saturated carbocycles. The first-order valence-electron chi connectivity index (χ1n) is 13.2. The van der Waals surface area contributed by atoms with Gasteiger partial charge in [0.25, 0.3) is 0 Å². The molecule has 0 aliphatic heterocycles. The Balaban J connectivity index is 1.43. The van der Waals surface area contributed by atoms with Gasteiger partial charge in [-0.05, 0) is 0 Å². The van der Waals surface area contributed by atoms with Crippen LogP contribution in [0.5, 0.6) is 0 Å². The molecule has 0 aliphatic rings. The summed E-state index contributed by atoms with van der Waals surface area (Å²) in [7, 11) is 0. The molecule has 6 aromatic rings. The number of rotatable bonds is 6. The van der Waals surface area contributed by atoms with Crippen molar-refractivity contribution in [3.63, 3.8) is 0 Å². The number of hydrogen-bond acceptors (Lipinski definition) is 0. The summed E-state index contributed by atoms with van der Waals surface area (Å²) >= 11 is -2.93. The summed E-state index contributed by atoms with van der Waals surface area (Å²) in [5.74, 6) is 0. The van der Waals surface area contributed by atoms with E-state index >= 15 is 0 Å². The SMILES string of the molecule is C[AsH](c1ccc(-c2ccccc2)cc1)(c1ccc(-c2ccccc2)cc1)c1ccc(-c2ccccc2)cc1. The van der Waals surface area contributed by atoms with Gasteiger partial charge in [-0.25, -0.2) is 0 Å². The molecule has 0 unspecified atom stereocenters. The monoisotopic (exact) mass is 550 g/mol. The molecule has 184 valence electrons. The first-order chi connectivity index (χ1) is 18.7. The minimum absolute atomic E-state index is 1.26. The van der Waals surface area contributed by atoms with Crippen LogP contribution in [0.1, 0.15) is 0 Å². The van der Waals surface area contributed by atoms with E-state index in [-0.39, 0.29) is 0 Å². The van der Waals surface area contributed by atoms with Crippen LogP contribution in [0.25, 0.3) is 33.4 Å². The van der Waals surface area contributed by atoms with Gasteiger partial charge in [0.1, 0.15) is 0 Å². The summed E-state index contributed by atoms with van der Waals surface area (Å²) in [6.07, 6.45) is 0. The van der Waals surface area contributed by atoms with Crippen LogP contribution >= 0.6 is 0 Å². The Kier molecular flexibility index (Phi) is 6.82. The predicted octanol–water partition coefficient (Wildman–Crippen LogP) is 7.52. The van der Waals surface area contributed by atoms with Crippen LogP contribution in [0.4, 0.5) is 0 Å². The van der Waals surface area contributed by atoms with Crippen molar-refractivity contribution in [2.24, 2.45) is 0 Å². The van der Waals surface area contributed by atoms with Crippen molar-refractivity contribution in [2.45, 2.75) is 5.71 Å². The van der Waals surface area contributed by atoms with Crippen LogP contribution in [0.2, 0.25) is 5.71 Å². The molecule has 0 heterocycles. The van der Waals surface area contributed by atoms with Gasteiger partial charge < -0.3 is 0 Å². The quantitative estimate of drug-likeness (QED) is 0.188. The Labute approximate surface area is 228 Å². The molecule has 0 fully saturated rings. The Bertz CT molecular complexity index is 1400. The summed E-state index contributed by atoms with van der Waals surface area (Å²) in [4.78, 5) is 0. The van der Waals surface area contributed by atoms with E-state index < -0.39 is 13.6 Å². The average Bonchev–Trinajstić information content (AvgIpc) is 3.02. The molecule has 0 saturated heterocycles. The van der Waals surface area contributed by atoms with Gasteiger partial charge in [0.05, 0.1) is 0 Å². The van der Waals surface area contributed by atoms with Crippen molar-refractivity contribution < 1.29 is 0 Å². The van der Waals surface area contributed by atoms with Crippen LogP contribution in [0, 0.1) is 0 Å². The normalized spacial score (nSPS) is 11.7. The molecular weight excluding hydrogens is 519 g/mol. The Morgan fingerprint density at radius 3 is 0.711 bits per heavy atom. The van der Waals surface area contributed by atoms with E-state index in [0.29, 0.717) is 0 Å². The maximum absolute atomic E-state index is 2.93. The van der Waals surface area contributed by atoms with Gasteiger partial charge in [-0.2, -0.15) is 0 Å². The van der Waals surface area contributed by atoms with Crippen molar-refractivity contribution in [1.29, 1.82) is 0 Å². The molecule has 6 rings (SSSR count). The predicted molar refractivity (Wildman–Crippen MR) is 168 cm³/mol. The van der Waals surface area contributed by atoms with Gasteiger partial charge in [0.15, 0.2) is 0 Å². The van der Waals surface area contributed by atoms with E-state index in [9.17, 15) is 0 Å². The molecular formula is C37H31As. The zero-order valence-electron chi connectivity index (χ0n) is 21.6. The minimum atomic E-state index is -2.93.